The summed E-state index contributed by atoms with van der Waals surface area (Å²) in [5.74, 6) is 0.0222. The Labute approximate surface area is 176 Å². The molecule has 0 radical (unpaired) electrons. The topological polar surface area (TPSA) is 66.8 Å². The van der Waals surface area contributed by atoms with Crippen LogP contribution in [0.2, 0.25) is 0 Å². The summed E-state index contributed by atoms with van der Waals surface area (Å²) in [7, 11) is -3.08. The number of fused-ring (bicyclic) bond motifs is 1. The highest BCUT2D eigenvalue weighted by Gasteiger charge is 2.49. The molecule has 5 nitrogen and oxygen atoms in total. The van der Waals surface area contributed by atoms with Crippen LogP contribution in [0.5, 0.6) is 0 Å². The first-order chi connectivity index (χ1) is 13.7. The molecule has 0 aromatic heterocycles. The SMILES string of the molecule is Cc1cccc(CC(=O)N=C2S[C@@H]3CS(=O)(=O)C[C@H]3N2c2cccc(C)c2C)c1. The number of carbonyl (C=O) groups excluding carboxylic acids is 1. The van der Waals surface area contributed by atoms with Crippen molar-refractivity contribution in [2.75, 3.05) is 16.4 Å². The molecule has 2 aromatic carbocycles. The minimum atomic E-state index is -3.08. The van der Waals surface area contributed by atoms with Gasteiger partial charge in [0, 0.05) is 10.9 Å². The molecule has 0 aliphatic carbocycles. The second-order valence-corrected chi connectivity index (χ2v) is 11.2. The van der Waals surface area contributed by atoms with Gasteiger partial charge in [-0.15, -0.1) is 0 Å². The second-order valence-electron chi connectivity index (χ2n) is 7.84. The van der Waals surface area contributed by atoms with E-state index in [4.69, 9.17) is 0 Å². The lowest BCUT2D eigenvalue weighted by molar-refractivity contribution is -0.117. The highest BCUT2D eigenvalue weighted by molar-refractivity contribution is 8.16. The normalized spacial score (nSPS) is 24.1. The number of aryl methyl sites for hydroxylation is 2. The van der Waals surface area contributed by atoms with Crippen LogP contribution in [0.25, 0.3) is 0 Å². The lowest BCUT2D eigenvalue weighted by Gasteiger charge is -2.26. The van der Waals surface area contributed by atoms with Gasteiger partial charge in [0.15, 0.2) is 15.0 Å². The van der Waals surface area contributed by atoms with Crippen LogP contribution in [-0.4, -0.2) is 42.3 Å². The number of carbonyl (C=O) groups is 1. The van der Waals surface area contributed by atoms with Crippen molar-refractivity contribution in [3.8, 4) is 0 Å². The summed E-state index contributed by atoms with van der Waals surface area (Å²) >= 11 is 1.42. The van der Waals surface area contributed by atoms with E-state index < -0.39 is 9.84 Å². The van der Waals surface area contributed by atoms with E-state index in [9.17, 15) is 13.2 Å². The van der Waals surface area contributed by atoms with Gasteiger partial charge in [-0.25, -0.2) is 8.42 Å². The molecule has 2 aliphatic rings. The van der Waals surface area contributed by atoms with Crippen LogP contribution in [0, 0.1) is 20.8 Å². The van der Waals surface area contributed by atoms with E-state index in [1.54, 1.807) is 0 Å². The zero-order valence-corrected chi connectivity index (χ0v) is 18.4. The summed E-state index contributed by atoms with van der Waals surface area (Å²) in [5, 5.41) is 0.520. The fourth-order valence-corrected chi connectivity index (χ4v) is 7.91. The highest BCUT2D eigenvalue weighted by atomic mass is 32.2. The third-order valence-corrected chi connectivity index (χ3v) is 8.77. The first-order valence-electron chi connectivity index (χ1n) is 9.63. The molecular weight excluding hydrogens is 404 g/mol. The Balaban J connectivity index is 1.68. The van der Waals surface area contributed by atoms with Gasteiger partial charge in [0.1, 0.15) is 0 Å². The summed E-state index contributed by atoms with van der Waals surface area (Å²) in [6, 6.07) is 13.6. The Kier molecular flexibility index (Phi) is 5.29. The monoisotopic (exact) mass is 428 g/mol. The Hall–Kier alpha value is -2.12. The molecule has 29 heavy (non-hydrogen) atoms. The third kappa shape index (κ3) is 4.12. The summed E-state index contributed by atoms with van der Waals surface area (Å²) in [6.45, 7) is 6.06. The van der Waals surface area contributed by atoms with E-state index in [0.29, 0.717) is 5.17 Å². The van der Waals surface area contributed by atoms with Crippen molar-refractivity contribution in [2.45, 2.75) is 38.5 Å². The molecule has 0 bridgehead atoms. The quantitative estimate of drug-likeness (QED) is 0.749. The number of amidine groups is 1. The number of sulfone groups is 1. The van der Waals surface area contributed by atoms with Crippen molar-refractivity contribution in [1.29, 1.82) is 0 Å². The number of thioether (sulfide) groups is 1. The molecule has 2 aliphatic heterocycles. The predicted octanol–water partition coefficient (Wildman–Crippen LogP) is 3.46. The molecule has 2 saturated heterocycles. The third-order valence-electron chi connectivity index (χ3n) is 5.56. The standard InChI is InChI=1S/C22H24N2O3S2/c1-14-6-4-8-17(10-14)11-21(25)23-22-24(18-9-5-7-15(2)16(18)3)19-12-29(26,27)13-20(19)28-22/h4-10,19-20H,11-13H2,1-3H3/t19-,20-/m1/s1. The minimum Gasteiger partial charge on any atom is -0.315 e. The van der Waals surface area contributed by atoms with Crippen molar-refractivity contribution >= 4 is 38.4 Å². The Morgan fingerprint density at radius 2 is 1.90 bits per heavy atom. The fourth-order valence-electron chi connectivity index (χ4n) is 3.99. The maximum Gasteiger partial charge on any atom is 0.252 e. The minimum absolute atomic E-state index is 0.0922. The summed E-state index contributed by atoms with van der Waals surface area (Å²) < 4.78 is 24.5. The average molecular weight is 429 g/mol. The molecule has 0 spiro atoms. The van der Waals surface area contributed by atoms with Gasteiger partial charge in [-0.1, -0.05) is 53.7 Å². The smallest absolute Gasteiger partial charge is 0.252 e. The van der Waals surface area contributed by atoms with Crippen molar-refractivity contribution < 1.29 is 13.2 Å². The largest absolute Gasteiger partial charge is 0.315 e. The van der Waals surface area contributed by atoms with Gasteiger partial charge in [0.2, 0.25) is 0 Å². The molecule has 7 heteroatoms. The van der Waals surface area contributed by atoms with E-state index in [1.165, 1.54) is 11.8 Å². The van der Waals surface area contributed by atoms with E-state index in [0.717, 1.165) is 27.9 Å². The van der Waals surface area contributed by atoms with Crippen LogP contribution in [-0.2, 0) is 21.1 Å². The Morgan fingerprint density at radius 3 is 2.66 bits per heavy atom. The first-order valence-corrected chi connectivity index (χ1v) is 12.3. The van der Waals surface area contributed by atoms with E-state index in [1.807, 2.05) is 68.1 Å². The van der Waals surface area contributed by atoms with Gasteiger partial charge >= 0.3 is 0 Å². The van der Waals surface area contributed by atoms with Gasteiger partial charge < -0.3 is 4.90 Å². The lowest BCUT2D eigenvalue weighted by Crippen LogP contribution is -2.38. The zero-order valence-electron chi connectivity index (χ0n) is 16.8. The molecule has 0 unspecified atom stereocenters. The molecular formula is C22H24N2O3S2. The van der Waals surface area contributed by atoms with Crippen LogP contribution in [0.1, 0.15) is 22.3 Å². The molecule has 1 amide bonds. The highest BCUT2D eigenvalue weighted by Crippen LogP contribution is 2.42. The van der Waals surface area contributed by atoms with Gasteiger partial charge in [0.05, 0.1) is 24.0 Å². The summed E-state index contributed by atoms with van der Waals surface area (Å²) in [5.41, 5.74) is 5.18. The number of aliphatic imine (C=N–C) groups is 1. The maximum absolute atomic E-state index is 12.7. The summed E-state index contributed by atoms with van der Waals surface area (Å²) in [6.07, 6.45) is 0.236. The lowest BCUT2D eigenvalue weighted by atomic mass is 10.1. The van der Waals surface area contributed by atoms with Crippen molar-refractivity contribution in [3.63, 3.8) is 0 Å². The van der Waals surface area contributed by atoms with Gasteiger partial charge in [-0.05, 0) is 43.5 Å². The van der Waals surface area contributed by atoms with Crippen LogP contribution < -0.4 is 4.90 Å². The van der Waals surface area contributed by atoms with Crippen LogP contribution in [0.4, 0.5) is 5.69 Å². The number of hydrogen-bond donors (Lipinski definition) is 0. The number of amides is 1. The number of rotatable bonds is 3. The molecule has 0 N–H and O–H groups in total. The van der Waals surface area contributed by atoms with Gasteiger partial charge in [0.25, 0.3) is 5.91 Å². The number of hydrogen-bond acceptors (Lipinski definition) is 4. The fraction of sp³-hybridized carbons (Fsp3) is 0.364. The summed E-state index contributed by atoms with van der Waals surface area (Å²) in [4.78, 5) is 19.1. The van der Waals surface area contributed by atoms with E-state index in [-0.39, 0.29) is 35.1 Å². The number of nitrogens with zero attached hydrogens (tertiary/aromatic N) is 2. The Bertz CT molecular complexity index is 1110. The van der Waals surface area contributed by atoms with Crippen LogP contribution in [0.3, 0.4) is 0 Å². The molecule has 2 aromatic rings. The van der Waals surface area contributed by atoms with Crippen LogP contribution in [0.15, 0.2) is 47.5 Å². The van der Waals surface area contributed by atoms with Crippen molar-refractivity contribution in [2.24, 2.45) is 4.99 Å². The molecule has 4 rings (SSSR count). The van der Waals surface area contributed by atoms with E-state index in [2.05, 4.69) is 4.99 Å². The molecule has 2 heterocycles. The maximum atomic E-state index is 12.7. The van der Waals surface area contributed by atoms with Gasteiger partial charge in [-0.2, -0.15) is 4.99 Å². The Morgan fingerprint density at radius 1 is 1.14 bits per heavy atom. The zero-order chi connectivity index (χ0) is 20.8. The molecule has 0 saturated carbocycles. The molecule has 152 valence electrons. The van der Waals surface area contributed by atoms with Crippen molar-refractivity contribution in [3.05, 3.63) is 64.7 Å². The first kappa shape index (κ1) is 20.2. The average Bonchev–Trinajstić information content (AvgIpc) is 3.08. The van der Waals surface area contributed by atoms with Crippen molar-refractivity contribution in [1.82, 2.24) is 0 Å². The molecule has 2 fully saturated rings. The second kappa shape index (κ2) is 7.61. The number of anilines is 1. The number of benzene rings is 2. The molecule has 2 atom stereocenters. The van der Waals surface area contributed by atoms with Crippen LogP contribution >= 0.6 is 11.8 Å². The van der Waals surface area contributed by atoms with Gasteiger partial charge in [-0.3, -0.25) is 4.79 Å². The predicted molar refractivity (Wildman–Crippen MR) is 120 cm³/mol. The van der Waals surface area contributed by atoms with E-state index >= 15 is 0 Å².